The lowest BCUT2D eigenvalue weighted by Crippen LogP contribution is -2.50. The van der Waals surface area contributed by atoms with Gasteiger partial charge in [0.15, 0.2) is 0 Å². The summed E-state index contributed by atoms with van der Waals surface area (Å²) in [6.45, 7) is 13.4. The SMILES string of the molecule is CC(C)(C)N1CC(N2CCC(F)(F)CC2)CC1(C)C. The largest absolute Gasteiger partial charge is 0.299 e. The molecular weight excluding hydrogens is 246 g/mol. The van der Waals surface area contributed by atoms with Gasteiger partial charge in [-0.3, -0.25) is 9.80 Å². The Morgan fingerprint density at radius 1 is 1.05 bits per heavy atom. The van der Waals surface area contributed by atoms with Gasteiger partial charge in [0.1, 0.15) is 0 Å². The lowest BCUT2D eigenvalue weighted by atomic mass is 9.94. The van der Waals surface area contributed by atoms with Gasteiger partial charge in [0.05, 0.1) is 0 Å². The van der Waals surface area contributed by atoms with Crippen molar-refractivity contribution in [3.05, 3.63) is 0 Å². The summed E-state index contributed by atoms with van der Waals surface area (Å²) in [5, 5.41) is 0. The van der Waals surface area contributed by atoms with Crippen molar-refractivity contribution in [1.29, 1.82) is 0 Å². The highest BCUT2D eigenvalue weighted by Gasteiger charge is 2.46. The van der Waals surface area contributed by atoms with Gasteiger partial charge < -0.3 is 0 Å². The van der Waals surface area contributed by atoms with E-state index in [1.807, 2.05) is 0 Å². The van der Waals surface area contributed by atoms with E-state index in [1.165, 1.54) is 0 Å². The molecule has 2 saturated heterocycles. The van der Waals surface area contributed by atoms with Crippen molar-refractivity contribution in [2.24, 2.45) is 0 Å². The maximum Gasteiger partial charge on any atom is 0.250 e. The van der Waals surface area contributed by atoms with Crippen LogP contribution in [0.15, 0.2) is 0 Å². The normalized spacial score (nSPS) is 32.7. The molecule has 2 heterocycles. The fraction of sp³-hybridized carbons (Fsp3) is 1.00. The smallest absolute Gasteiger partial charge is 0.250 e. The average Bonchev–Trinajstić information content (AvgIpc) is 2.53. The number of hydrogen-bond donors (Lipinski definition) is 0. The molecule has 19 heavy (non-hydrogen) atoms. The van der Waals surface area contributed by atoms with Gasteiger partial charge in [-0.1, -0.05) is 0 Å². The first-order valence-corrected chi connectivity index (χ1v) is 7.41. The summed E-state index contributed by atoms with van der Waals surface area (Å²) in [6, 6.07) is 0.435. The standard InChI is InChI=1S/C15H28F2N2/c1-13(2,3)19-11-12(10-14(19,4)5)18-8-6-15(16,17)7-9-18/h12H,6-11H2,1-5H3. The summed E-state index contributed by atoms with van der Waals surface area (Å²) in [7, 11) is 0. The molecule has 0 amide bonds. The summed E-state index contributed by atoms with van der Waals surface area (Å²) in [5.74, 6) is -2.44. The molecule has 0 aliphatic carbocycles. The lowest BCUT2D eigenvalue weighted by Gasteiger charge is -2.42. The zero-order valence-corrected chi connectivity index (χ0v) is 13.0. The lowest BCUT2D eigenvalue weighted by molar-refractivity contribution is -0.0626. The second kappa shape index (κ2) is 4.66. The summed E-state index contributed by atoms with van der Waals surface area (Å²) < 4.78 is 26.5. The van der Waals surface area contributed by atoms with E-state index in [9.17, 15) is 8.78 Å². The minimum Gasteiger partial charge on any atom is -0.299 e. The maximum absolute atomic E-state index is 13.2. The Morgan fingerprint density at radius 3 is 2.00 bits per heavy atom. The van der Waals surface area contributed by atoms with Gasteiger partial charge in [0.25, 0.3) is 5.92 Å². The third kappa shape index (κ3) is 3.27. The van der Waals surface area contributed by atoms with Gasteiger partial charge >= 0.3 is 0 Å². The second-order valence-electron chi connectivity index (χ2n) is 7.84. The van der Waals surface area contributed by atoms with Crippen LogP contribution in [0.1, 0.15) is 53.9 Å². The molecule has 4 heteroatoms. The first kappa shape index (κ1) is 15.2. The van der Waals surface area contributed by atoms with Gasteiger partial charge in [-0.15, -0.1) is 0 Å². The first-order valence-electron chi connectivity index (χ1n) is 7.41. The fourth-order valence-corrected chi connectivity index (χ4v) is 3.85. The van der Waals surface area contributed by atoms with E-state index in [0.717, 1.165) is 13.0 Å². The maximum atomic E-state index is 13.2. The van der Waals surface area contributed by atoms with E-state index in [1.54, 1.807) is 0 Å². The Balaban J connectivity index is 2.01. The highest BCUT2D eigenvalue weighted by molar-refractivity contribution is 5.02. The summed E-state index contributed by atoms with van der Waals surface area (Å²) in [5.41, 5.74) is 0.293. The summed E-state index contributed by atoms with van der Waals surface area (Å²) in [6.07, 6.45) is 1.13. The van der Waals surface area contributed by atoms with Gasteiger partial charge in [-0.25, -0.2) is 8.78 Å². The van der Waals surface area contributed by atoms with Crippen molar-refractivity contribution in [2.75, 3.05) is 19.6 Å². The summed E-state index contributed by atoms with van der Waals surface area (Å²) in [4.78, 5) is 4.81. The third-order valence-corrected chi connectivity index (χ3v) is 4.71. The number of piperidine rings is 1. The molecule has 2 aliphatic rings. The highest BCUT2D eigenvalue weighted by atomic mass is 19.3. The molecule has 0 spiro atoms. The quantitative estimate of drug-likeness (QED) is 0.723. The minimum atomic E-state index is -2.44. The molecule has 1 unspecified atom stereocenters. The molecule has 0 N–H and O–H groups in total. The topological polar surface area (TPSA) is 6.48 Å². The van der Waals surface area contributed by atoms with Crippen LogP contribution in [0.25, 0.3) is 0 Å². The van der Waals surface area contributed by atoms with Crippen molar-refractivity contribution in [2.45, 2.75) is 76.9 Å². The van der Waals surface area contributed by atoms with E-state index >= 15 is 0 Å². The van der Waals surface area contributed by atoms with E-state index in [-0.39, 0.29) is 23.9 Å². The zero-order chi connectivity index (χ0) is 14.5. The van der Waals surface area contributed by atoms with Crippen molar-refractivity contribution < 1.29 is 8.78 Å². The van der Waals surface area contributed by atoms with Crippen molar-refractivity contribution >= 4 is 0 Å². The monoisotopic (exact) mass is 274 g/mol. The van der Waals surface area contributed by atoms with Crippen LogP contribution in [-0.2, 0) is 0 Å². The molecule has 2 nitrogen and oxygen atoms in total. The van der Waals surface area contributed by atoms with Gasteiger partial charge in [0, 0.05) is 49.6 Å². The molecule has 0 radical (unpaired) electrons. The van der Waals surface area contributed by atoms with Crippen LogP contribution in [-0.4, -0.2) is 52.5 Å². The van der Waals surface area contributed by atoms with E-state index in [4.69, 9.17) is 0 Å². The van der Waals surface area contributed by atoms with E-state index in [0.29, 0.717) is 19.1 Å². The number of hydrogen-bond acceptors (Lipinski definition) is 2. The molecule has 0 saturated carbocycles. The van der Waals surface area contributed by atoms with Crippen LogP contribution in [0.3, 0.4) is 0 Å². The van der Waals surface area contributed by atoms with E-state index in [2.05, 4.69) is 44.4 Å². The molecule has 0 aromatic heterocycles. The second-order valence-corrected chi connectivity index (χ2v) is 7.84. The predicted octanol–water partition coefficient (Wildman–Crippen LogP) is 3.37. The van der Waals surface area contributed by atoms with Gasteiger partial charge in [0.2, 0.25) is 0 Å². The Labute approximate surface area is 116 Å². The Morgan fingerprint density at radius 2 is 1.58 bits per heavy atom. The minimum absolute atomic E-state index is 0.0272. The number of alkyl halides is 2. The van der Waals surface area contributed by atoms with Crippen LogP contribution < -0.4 is 0 Å². The molecule has 2 aliphatic heterocycles. The summed E-state index contributed by atoms with van der Waals surface area (Å²) >= 11 is 0. The number of likely N-dealkylation sites (tertiary alicyclic amines) is 2. The number of rotatable bonds is 1. The zero-order valence-electron chi connectivity index (χ0n) is 13.0. The molecule has 0 aromatic rings. The molecular formula is C15H28F2N2. The Bertz CT molecular complexity index is 324. The molecule has 2 rings (SSSR count). The van der Waals surface area contributed by atoms with Crippen LogP contribution in [0, 0.1) is 0 Å². The van der Waals surface area contributed by atoms with Crippen LogP contribution >= 0.6 is 0 Å². The van der Waals surface area contributed by atoms with E-state index < -0.39 is 5.92 Å². The molecule has 2 fully saturated rings. The Kier molecular flexibility index (Phi) is 3.72. The van der Waals surface area contributed by atoms with Crippen molar-refractivity contribution in [3.8, 4) is 0 Å². The predicted molar refractivity (Wildman–Crippen MR) is 74.7 cm³/mol. The molecule has 1 atom stereocenters. The molecule has 112 valence electrons. The van der Waals surface area contributed by atoms with Crippen LogP contribution in [0.5, 0.6) is 0 Å². The van der Waals surface area contributed by atoms with Gasteiger partial charge in [-0.2, -0.15) is 0 Å². The van der Waals surface area contributed by atoms with Crippen LogP contribution in [0.2, 0.25) is 0 Å². The first-order chi connectivity index (χ1) is 8.51. The van der Waals surface area contributed by atoms with Crippen molar-refractivity contribution in [3.63, 3.8) is 0 Å². The van der Waals surface area contributed by atoms with Crippen LogP contribution in [0.4, 0.5) is 8.78 Å². The number of nitrogens with zero attached hydrogens (tertiary/aromatic N) is 2. The van der Waals surface area contributed by atoms with Gasteiger partial charge in [-0.05, 0) is 41.0 Å². The number of halogens is 2. The fourth-order valence-electron chi connectivity index (χ4n) is 3.85. The molecule has 0 bridgehead atoms. The molecule has 0 aromatic carbocycles. The Hall–Kier alpha value is -0.220. The highest BCUT2D eigenvalue weighted by Crippen LogP contribution is 2.38. The van der Waals surface area contributed by atoms with Crippen molar-refractivity contribution in [1.82, 2.24) is 9.80 Å². The third-order valence-electron chi connectivity index (χ3n) is 4.71. The average molecular weight is 274 g/mol.